The third-order valence-corrected chi connectivity index (χ3v) is 2.99. The van der Waals surface area contributed by atoms with Crippen LogP contribution in [-0.2, 0) is 22.5 Å². The normalized spacial score (nSPS) is 16.5. The number of nitrogens with zero attached hydrogens (tertiary/aromatic N) is 3. The minimum Gasteiger partial charge on any atom is -0.486 e. The van der Waals surface area contributed by atoms with E-state index in [9.17, 15) is 4.79 Å². The summed E-state index contributed by atoms with van der Waals surface area (Å²) in [6, 6.07) is 7.80. The smallest absolute Gasteiger partial charge is 0.327 e. The van der Waals surface area contributed by atoms with E-state index in [-0.39, 0.29) is 25.2 Å². The van der Waals surface area contributed by atoms with Gasteiger partial charge in [-0.25, -0.2) is 9.67 Å². The first-order valence-corrected chi connectivity index (χ1v) is 6.26. The summed E-state index contributed by atoms with van der Waals surface area (Å²) < 4.78 is 12.2. The minimum absolute atomic E-state index is 0.0101. The van der Waals surface area contributed by atoms with E-state index in [4.69, 9.17) is 15.2 Å². The number of hydrogen-bond donors (Lipinski definition) is 1. The molecule has 0 aliphatic carbocycles. The molecule has 20 heavy (non-hydrogen) atoms. The topological polar surface area (TPSA) is 92.3 Å². The molecule has 0 bridgehead atoms. The Kier molecular flexibility index (Phi) is 3.24. The Morgan fingerprint density at radius 2 is 2.35 bits per heavy atom. The van der Waals surface area contributed by atoms with Gasteiger partial charge in [0.05, 0.1) is 0 Å². The van der Waals surface area contributed by atoms with Gasteiger partial charge in [-0.05, 0) is 11.6 Å². The number of carbonyl (C=O) groups is 1. The number of para-hydroxylation sites is 1. The number of anilines is 1. The highest BCUT2D eigenvalue weighted by molar-refractivity contribution is 5.69. The second kappa shape index (κ2) is 5.20. The van der Waals surface area contributed by atoms with Crippen LogP contribution in [0.1, 0.15) is 5.56 Å². The van der Waals surface area contributed by atoms with Crippen molar-refractivity contribution >= 4 is 11.9 Å². The number of fused-ring (bicyclic) bond motifs is 1. The highest BCUT2D eigenvalue weighted by Gasteiger charge is 2.23. The van der Waals surface area contributed by atoms with Crippen molar-refractivity contribution < 1.29 is 14.3 Å². The van der Waals surface area contributed by atoms with Crippen LogP contribution in [0.5, 0.6) is 5.75 Å². The third-order valence-electron chi connectivity index (χ3n) is 2.99. The fourth-order valence-electron chi connectivity index (χ4n) is 2.10. The number of ether oxygens (including phenoxy) is 2. The fourth-order valence-corrected chi connectivity index (χ4v) is 2.10. The summed E-state index contributed by atoms with van der Waals surface area (Å²) in [6.45, 7) is 0.210. The van der Waals surface area contributed by atoms with Crippen molar-refractivity contribution in [3.63, 3.8) is 0 Å². The van der Waals surface area contributed by atoms with Gasteiger partial charge in [0.25, 0.3) is 0 Å². The Hall–Kier alpha value is -2.57. The van der Waals surface area contributed by atoms with Crippen molar-refractivity contribution in [3.8, 4) is 5.75 Å². The van der Waals surface area contributed by atoms with Gasteiger partial charge in [-0.1, -0.05) is 18.2 Å². The van der Waals surface area contributed by atoms with Crippen molar-refractivity contribution in [1.82, 2.24) is 14.8 Å². The molecule has 104 valence electrons. The van der Waals surface area contributed by atoms with Crippen molar-refractivity contribution in [2.24, 2.45) is 0 Å². The molecule has 0 spiro atoms. The van der Waals surface area contributed by atoms with Crippen LogP contribution in [0.2, 0.25) is 0 Å². The molecule has 7 nitrogen and oxygen atoms in total. The van der Waals surface area contributed by atoms with Gasteiger partial charge in [0.15, 0.2) is 0 Å². The van der Waals surface area contributed by atoms with Crippen LogP contribution in [0.15, 0.2) is 30.6 Å². The SMILES string of the molecule is Nc1ncn(CC(=O)OCC2Cc3ccccc3O2)n1. The number of nitrogen functional groups attached to an aromatic ring is 1. The van der Waals surface area contributed by atoms with E-state index in [2.05, 4.69) is 10.1 Å². The first-order valence-electron chi connectivity index (χ1n) is 6.26. The molecule has 0 amide bonds. The molecule has 2 N–H and O–H groups in total. The molecule has 7 heteroatoms. The van der Waals surface area contributed by atoms with Gasteiger partial charge in [0.1, 0.15) is 31.3 Å². The zero-order valence-corrected chi connectivity index (χ0v) is 10.7. The molecule has 3 rings (SSSR count). The van der Waals surface area contributed by atoms with Crippen LogP contribution in [0.25, 0.3) is 0 Å². The molecule has 1 atom stereocenters. The van der Waals surface area contributed by atoms with Gasteiger partial charge in [0.2, 0.25) is 5.95 Å². The summed E-state index contributed by atoms with van der Waals surface area (Å²) in [7, 11) is 0. The van der Waals surface area contributed by atoms with Crippen LogP contribution < -0.4 is 10.5 Å². The van der Waals surface area contributed by atoms with E-state index < -0.39 is 5.97 Å². The number of esters is 1. The Morgan fingerprint density at radius 3 is 3.10 bits per heavy atom. The number of aromatic nitrogens is 3. The Bertz CT molecular complexity index is 601. The second-order valence-corrected chi connectivity index (χ2v) is 4.54. The van der Waals surface area contributed by atoms with E-state index in [0.717, 1.165) is 17.7 Å². The Labute approximate surface area is 115 Å². The van der Waals surface area contributed by atoms with E-state index in [1.165, 1.54) is 11.0 Å². The molecule has 2 aromatic rings. The van der Waals surface area contributed by atoms with Crippen molar-refractivity contribution in [2.45, 2.75) is 19.1 Å². The molecule has 0 saturated carbocycles. The van der Waals surface area contributed by atoms with Crippen LogP contribution in [0.3, 0.4) is 0 Å². The monoisotopic (exact) mass is 274 g/mol. The number of hydrogen-bond acceptors (Lipinski definition) is 6. The molecular formula is C13H14N4O3. The average Bonchev–Trinajstić information content (AvgIpc) is 3.02. The fraction of sp³-hybridized carbons (Fsp3) is 0.308. The maximum absolute atomic E-state index is 11.6. The van der Waals surface area contributed by atoms with Crippen molar-refractivity contribution in [3.05, 3.63) is 36.2 Å². The van der Waals surface area contributed by atoms with Gasteiger partial charge < -0.3 is 15.2 Å². The zero-order chi connectivity index (χ0) is 13.9. The summed E-state index contributed by atoms with van der Waals surface area (Å²) in [5.41, 5.74) is 6.50. The molecule has 0 saturated heterocycles. The van der Waals surface area contributed by atoms with Crippen LogP contribution in [0, 0.1) is 0 Å². The molecule has 1 aliphatic heterocycles. The lowest BCUT2D eigenvalue weighted by molar-refractivity contribution is -0.146. The highest BCUT2D eigenvalue weighted by Crippen LogP contribution is 2.28. The molecule has 0 radical (unpaired) electrons. The van der Waals surface area contributed by atoms with Crippen molar-refractivity contribution in [1.29, 1.82) is 0 Å². The lowest BCUT2D eigenvalue weighted by Crippen LogP contribution is -2.24. The first kappa shape index (κ1) is 12.5. The summed E-state index contributed by atoms with van der Waals surface area (Å²) in [6.07, 6.45) is 2.01. The summed E-state index contributed by atoms with van der Waals surface area (Å²) in [5.74, 6) is 0.597. The zero-order valence-electron chi connectivity index (χ0n) is 10.7. The predicted molar refractivity (Wildman–Crippen MR) is 70.0 cm³/mol. The van der Waals surface area contributed by atoms with Crippen LogP contribution in [-0.4, -0.2) is 33.4 Å². The third kappa shape index (κ3) is 2.71. The Morgan fingerprint density at radius 1 is 1.50 bits per heavy atom. The molecule has 0 fully saturated rings. The van der Waals surface area contributed by atoms with E-state index in [1.54, 1.807) is 0 Å². The maximum Gasteiger partial charge on any atom is 0.327 e. The number of carbonyl (C=O) groups excluding carboxylic acids is 1. The molecular weight excluding hydrogens is 260 g/mol. The van der Waals surface area contributed by atoms with E-state index >= 15 is 0 Å². The number of rotatable bonds is 4. The van der Waals surface area contributed by atoms with Crippen LogP contribution in [0.4, 0.5) is 5.95 Å². The molecule has 1 aromatic carbocycles. The molecule has 1 aliphatic rings. The predicted octanol–water partition coefficient (Wildman–Crippen LogP) is 0.407. The van der Waals surface area contributed by atoms with Gasteiger partial charge in [-0.3, -0.25) is 4.79 Å². The van der Waals surface area contributed by atoms with Gasteiger partial charge >= 0.3 is 5.97 Å². The Balaban J connectivity index is 1.48. The molecule has 1 aromatic heterocycles. The van der Waals surface area contributed by atoms with E-state index in [0.29, 0.717) is 0 Å². The number of nitrogens with two attached hydrogens (primary N) is 1. The highest BCUT2D eigenvalue weighted by atomic mass is 16.6. The van der Waals surface area contributed by atoms with Crippen LogP contribution >= 0.6 is 0 Å². The molecule has 1 unspecified atom stereocenters. The minimum atomic E-state index is -0.394. The van der Waals surface area contributed by atoms with Gasteiger partial charge in [0, 0.05) is 6.42 Å². The van der Waals surface area contributed by atoms with Gasteiger partial charge in [-0.2, -0.15) is 0 Å². The van der Waals surface area contributed by atoms with E-state index in [1.807, 2.05) is 24.3 Å². The average molecular weight is 274 g/mol. The summed E-state index contributed by atoms with van der Waals surface area (Å²) in [5, 5.41) is 3.81. The standard InChI is InChI=1S/C13H14N4O3/c14-13-15-8-17(16-13)6-12(18)19-7-10-5-9-3-1-2-4-11(9)20-10/h1-4,8,10H,5-7H2,(H2,14,16). The second-order valence-electron chi connectivity index (χ2n) is 4.54. The quantitative estimate of drug-likeness (QED) is 0.812. The first-order chi connectivity index (χ1) is 9.70. The maximum atomic E-state index is 11.6. The summed E-state index contributed by atoms with van der Waals surface area (Å²) >= 11 is 0. The molecule has 2 heterocycles. The van der Waals surface area contributed by atoms with Gasteiger partial charge in [-0.15, -0.1) is 5.10 Å². The number of benzene rings is 1. The lowest BCUT2D eigenvalue weighted by Gasteiger charge is -2.11. The largest absolute Gasteiger partial charge is 0.486 e. The van der Waals surface area contributed by atoms with Crippen molar-refractivity contribution in [2.75, 3.05) is 12.3 Å². The lowest BCUT2D eigenvalue weighted by atomic mass is 10.1. The summed E-state index contributed by atoms with van der Waals surface area (Å²) in [4.78, 5) is 15.4.